The minimum absolute atomic E-state index is 0. The minimum atomic E-state index is -0.00277. The molecule has 0 radical (unpaired) electrons. The predicted molar refractivity (Wildman–Crippen MR) is 171 cm³/mol. The molecular weight excluding hydrogens is 729 g/mol. The molecule has 0 saturated carbocycles. The first-order valence-corrected chi connectivity index (χ1v) is 12.9. The summed E-state index contributed by atoms with van der Waals surface area (Å²) in [6, 6.07) is 16.0. The van der Waals surface area contributed by atoms with Crippen molar-refractivity contribution in [2.75, 3.05) is 14.2 Å². The second kappa shape index (κ2) is 12.8. The predicted octanol–water partition coefficient (Wildman–Crippen LogP) is 9.65. The zero-order valence-corrected chi connectivity index (χ0v) is 26.5. The molecule has 0 saturated heterocycles. The van der Waals surface area contributed by atoms with Crippen molar-refractivity contribution in [3.8, 4) is 45.9 Å². The van der Waals surface area contributed by atoms with E-state index < -0.39 is 0 Å². The second-order valence-corrected chi connectivity index (χ2v) is 9.91. The molecule has 41 heavy (non-hydrogen) atoms. The van der Waals surface area contributed by atoms with Crippen molar-refractivity contribution in [2.45, 2.75) is 0 Å². The maximum Gasteiger partial charge on any atom is 0.228 e. The molecule has 0 bridgehead atoms. The number of aromatic nitrogens is 2. The van der Waals surface area contributed by atoms with E-state index in [4.69, 9.17) is 64.7 Å². The van der Waals surface area contributed by atoms with Gasteiger partial charge in [0.05, 0.1) is 45.4 Å². The number of methoxy groups -OCH3 is 2. The lowest BCUT2D eigenvalue weighted by Crippen LogP contribution is -1.84. The molecule has 2 aromatic heterocycles. The lowest BCUT2D eigenvalue weighted by molar-refractivity contribution is 0.414. The van der Waals surface area contributed by atoms with Crippen LogP contribution in [0.1, 0.15) is 0 Å². The van der Waals surface area contributed by atoms with Gasteiger partial charge in [0.25, 0.3) is 0 Å². The van der Waals surface area contributed by atoms with Gasteiger partial charge < -0.3 is 28.5 Å². The van der Waals surface area contributed by atoms with Crippen LogP contribution in [-0.4, -0.2) is 34.4 Å². The number of rotatable bonds is 4. The number of oxazole rings is 2. The highest BCUT2D eigenvalue weighted by Gasteiger charge is 2.16. The largest absolute Gasteiger partial charge is 0.508 e. The van der Waals surface area contributed by atoms with Gasteiger partial charge in [-0.3, -0.25) is 0 Å². The van der Waals surface area contributed by atoms with Gasteiger partial charge in [0.2, 0.25) is 11.8 Å². The van der Waals surface area contributed by atoms with Gasteiger partial charge in [0, 0.05) is 24.3 Å². The van der Waals surface area contributed by atoms with Crippen LogP contribution in [0, 0.1) is 0 Å². The number of benzene rings is 4. The third-order valence-electron chi connectivity index (χ3n) is 5.68. The molecule has 13 heteroatoms. The summed E-state index contributed by atoms with van der Waals surface area (Å²) in [5.41, 5.74) is 3.12. The van der Waals surface area contributed by atoms with E-state index in [1.807, 2.05) is 0 Å². The SMILES string of the molecule is COc1ccc(-c2nc3c(Cl)cc(OC)cc3o2)c(Cl)c1.I.Oc1ccc(-c2nc3c(Cl)cc(O)cc3o2)c(Cl)c1. The van der Waals surface area contributed by atoms with Crippen LogP contribution in [-0.2, 0) is 0 Å². The molecule has 0 aliphatic carbocycles. The summed E-state index contributed by atoms with van der Waals surface area (Å²) in [5.74, 6) is 1.99. The number of halogens is 5. The Labute approximate surface area is 270 Å². The molecule has 0 unspecified atom stereocenters. The highest BCUT2D eigenvalue weighted by atomic mass is 127. The molecule has 0 fully saturated rings. The fourth-order valence-corrected chi connectivity index (χ4v) is 4.76. The van der Waals surface area contributed by atoms with Gasteiger partial charge in [0.1, 0.15) is 34.0 Å². The van der Waals surface area contributed by atoms with Gasteiger partial charge in [-0.1, -0.05) is 46.4 Å². The number of hydrogen-bond acceptors (Lipinski definition) is 8. The minimum Gasteiger partial charge on any atom is -0.508 e. The normalized spacial score (nSPS) is 10.7. The van der Waals surface area contributed by atoms with Gasteiger partial charge in [0.15, 0.2) is 11.2 Å². The zero-order chi connectivity index (χ0) is 28.6. The Morgan fingerprint density at radius 1 is 0.585 bits per heavy atom. The Balaban J connectivity index is 0.000000185. The second-order valence-electron chi connectivity index (χ2n) is 8.28. The molecule has 2 heterocycles. The number of aromatic hydroxyl groups is 2. The summed E-state index contributed by atoms with van der Waals surface area (Å²) >= 11 is 24.4. The van der Waals surface area contributed by atoms with Crippen LogP contribution in [0.2, 0.25) is 20.1 Å². The average Bonchev–Trinajstić information content (AvgIpc) is 3.54. The third-order valence-corrected chi connectivity index (χ3v) is 6.88. The first kappa shape index (κ1) is 30.9. The topological polar surface area (TPSA) is 111 Å². The monoisotopic (exact) mass is 746 g/mol. The first-order valence-electron chi connectivity index (χ1n) is 11.4. The summed E-state index contributed by atoms with van der Waals surface area (Å²) in [6.45, 7) is 0. The van der Waals surface area contributed by atoms with Crippen LogP contribution in [0.25, 0.3) is 45.1 Å². The number of ether oxygens (including phenoxy) is 2. The van der Waals surface area contributed by atoms with Gasteiger partial charge >= 0.3 is 0 Å². The molecule has 0 spiro atoms. The summed E-state index contributed by atoms with van der Waals surface area (Å²) in [7, 11) is 3.14. The standard InChI is InChI=1S/C15H11Cl2NO3.C13H7Cl2NO3.HI/c1-19-8-3-4-10(11(16)5-8)15-18-14-12(17)6-9(20-2)7-13(14)21-15;14-9-3-6(17)1-2-8(9)13-16-12-10(15)4-7(18)5-11(12)19-13;/h3-7H,1-2H3;1-5,17-18H;1H. The Kier molecular flexibility index (Phi) is 9.66. The molecule has 0 atom stereocenters. The summed E-state index contributed by atoms with van der Waals surface area (Å²) in [5, 5.41) is 20.3. The van der Waals surface area contributed by atoms with Crippen LogP contribution >= 0.6 is 70.4 Å². The lowest BCUT2D eigenvalue weighted by atomic mass is 10.2. The molecular formula is C28H19Cl4IN2O6. The highest BCUT2D eigenvalue weighted by molar-refractivity contribution is 14.0. The van der Waals surface area contributed by atoms with Crippen molar-refractivity contribution in [1.82, 2.24) is 9.97 Å². The van der Waals surface area contributed by atoms with Crippen molar-refractivity contribution < 1.29 is 28.5 Å². The van der Waals surface area contributed by atoms with Gasteiger partial charge in [-0.05, 0) is 36.4 Å². The van der Waals surface area contributed by atoms with E-state index in [2.05, 4.69) is 9.97 Å². The molecule has 2 N–H and O–H groups in total. The Hall–Kier alpha value is -3.09. The molecule has 6 rings (SSSR count). The lowest BCUT2D eigenvalue weighted by Gasteiger charge is -2.02. The van der Waals surface area contributed by atoms with E-state index in [1.54, 1.807) is 50.6 Å². The Bertz CT molecular complexity index is 1870. The smallest absolute Gasteiger partial charge is 0.228 e. The molecule has 0 aliphatic heterocycles. The number of hydrogen-bond donors (Lipinski definition) is 2. The van der Waals surface area contributed by atoms with Crippen molar-refractivity contribution >= 4 is 92.6 Å². The molecule has 6 aromatic rings. The number of fused-ring (bicyclic) bond motifs is 2. The van der Waals surface area contributed by atoms with Crippen LogP contribution in [0.4, 0.5) is 0 Å². The maximum atomic E-state index is 9.45. The van der Waals surface area contributed by atoms with Crippen LogP contribution < -0.4 is 9.47 Å². The van der Waals surface area contributed by atoms with E-state index >= 15 is 0 Å². The number of nitrogens with zero attached hydrogens (tertiary/aromatic N) is 2. The Morgan fingerprint density at radius 2 is 1.07 bits per heavy atom. The maximum absolute atomic E-state index is 9.45. The zero-order valence-electron chi connectivity index (χ0n) is 21.1. The Morgan fingerprint density at radius 3 is 1.63 bits per heavy atom. The molecule has 0 amide bonds. The quantitative estimate of drug-likeness (QED) is 0.172. The summed E-state index contributed by atoms with van der Waals surface area (Å²) in [6.07, 6.45) is 0. The van der Waals surface area contributed by atoms with Crippen LogP contribution in [0.5, 0.6) is 23.0 Å². The fraction of sp³-hybridized carbons (Fsp3) is 0.0714. The van der Waals surface area contributed by atoms with E-state index in [0.29, 0.717) is 70.8 Å². The number of phenols is 2. The molecule has 4 aromatic carbocycles. The molecule has 212 valence electrons. The molecule has 0 aliphatic rings. The van der Waals surface area contributed by atoms with E-state index in [-0.39, 0.29) is 41.4 Å². The van der Waals surface area contributed by atoms with Gasteiger partial charge in [-0.2, -0.15) is 0 Å². The van der Waals surface area contributed by atoms with Gasteiger partial charge in [-0.15, -0.1) is 24.0 Å². The van der Waals surface area contributed by atoms with E-state index in [0.717, 1.165) is 0 Å². The van der Waals surface area contributed by atoms with Crippen molar-refractivity contribution in [2.24, 2.45) is 0 Å². The van der Waals surface area contributed by atoms with Crippen LogP contribution in [0.3, 0.4) is 0 Å². The van der Waals surface area contributed by atoms with E-state index in [9.17, 15) is 10.2 Å². The number of phenolic OH excluding ortho intramolecular Hbond substituents is 2. The molecule has 8 nitrogen and oxygen atoms in total. The summed E-state index contributed by atoms with van der Waals surface area (Å²) in [4.78, 5) is 8.63. The fourth-order valence-electron chi connectivity index (χ4n) is 3.76. The van der Waals surface area contributed by atoms with Crippen molar-refractivity contribution in [3.05, 3.63) is 80.8 Å². The van der Waals surface area contributed by atoms with Crippen molar-refractivity contribution in [1.29, 1.82) is 0 Å². The van der Waals surface area contributed by atoms with Crippen molar-refractivity contribution in [3.63, 3.8) is 0 Å². The third kappa shape index (κ3) is 6.54. The van der Waals surface area contributed by atoms with Crippen LogP contribution in [0.15, 0.2) is 69.5 Å². The summed E-state index contributed by atoms with van der Waals surface area (Å²) < 4.78 is 21.5. The first-order chi connectivity index (χ1) is 19.2. The average molecular weight is 748 g/mol. The highest BCUT2D eigenvalue weighted by Crippen LogP contribution is 2.37. The van der Waals surface area contributed by atoms with Gasteiger partial charge in [-0.25, -0.2) is 9.97 Å². The van der Waals surface area contributed by atoms with E-state index in [1.165, 1.54) is 24.3 Å².